The van der Waals surface area contributed by atoms with E-state index in [4.69, 9.17) is 4.74 Å². The van der Waals surface area contributed by atoms with Crippen LogP contribution in [0.4, 0.5) is 0 Å². The van der Waals surface area contributed by atoms with Gasteiger partial charge in [-0.05, 0) is 24.3 Å². The van der Waals surface area contributed by atoms with Gasteiger partial charge in [0.2, 0.25) is 0 Å². The standard InChI is InChI=1S/C18H17N3O2/c22-13-5-6-17-15(11-13)18(14-3-1-2-4-16(14)23-17)20-8-10-21-9-7-19-12-21/h1-7,9,11-12,18,20,22H,8,10H2. The maximum absolute atomic E-state index is 9.83. The van der Waals surface area contributed by atoms with Crippen LogP contribution in [0, 0.1) is 0 Å². The molecule has 2 heterocycles. The van der Waals surface area contributed by atoms with E-state index in [1.54, 1.807) is 24.7 Å². The van der Waals surface area contributed by atoms with Gasteiger partial charge in [-0.15, -0.1) is 0 Å². The molecule has 0 amide bonds. The number of rotatable bonds is 4. The first kappa shape index (κ1) is 13.8. The summed E-state index contributed by atoms with van der Waals surface area (Å²) in [6.07, 6.45) is 5.52. The van der Waals surface area contributed by atoms with Crippen LogP contribution in [-0.4, -0.2) is 21.2 Å². The lowest BCUT2D eigenvalue weighted by atomic mass is 9.94. The summed E-state index contributed by atoms with van der Waals surface area (Å²) in [5.41, 5.74) is 2.03. The molecule has 5 heteroatoms. The molecule has 0 bridgehead atoms. The molecule has 0 saturated carbocycles. The number of nitrogens with one attached hydrogen (secondary N) is 1. The van der Waals surface area contributed by atoms with E-state index in [0.717, 1.165) is 35.7 Å². The Hall–Kier alpha value is -2.79. The maximum atomic E-state index is 9.83. The second-order valence-corrected chi connectivity index (χ2v) is 5.55. The molecule has 1 atom stereocenters. The van der Waals surface area contributed by atoms with Crippen LogP contribution in [0.3, 0.4) is 0 Å². The molecular weight excluding hydrogens is 290 g/mol. The molecule has 4 rings (SSSR count). The Morgan fingerprint density at radius 3 is 2.87 bits per heavy atom. The van der Waals surface area contributed by atoms with E-state index < -0.39 is 0 Å². The molecule has 1 aliphatic rings. The minimum Gasteiger partial charge on any atom is -0.508 e. The fourth-order valence-electron chi connectivity index (χ4n) is 2.93. The van der Waals surface area contributed by atoms with Gasteiger partial charge in [0.1, 0.15) is 17.2 Å². The molecule has 0 saturated heterocycles. The molecule has 0 radical (unpaired) electrons. The highest BCUT2D eigenvalue weighted by molar-refractivity contribution is 5.54. The van der Waals surface area contributed by atoms with E-state index in [-0.39, 0.29) is 11.8 Å². The van der Waals surface area contributed by atoms with Crippen LogP contribution < -0.4 is 10.1 Å². The highest BCUT2D eigenvalue weighted by Gasteiger charge is 2.26. The van der Waals surface area contributed by atoms with Crippen LogP contribution in [0.2, 0.25) is 0 Å². The monoisotopic (exact) mass is 307 g/mol. The van der Waals surface area contributed by atoms with Crippen molar-refractivity contribution in [2.75, 3.05) is 6.54 Å². The summed E-state index contributed by atoms with van der Waals surface area (Å²) < 4.78 is 7.98. The lowest BCUT2D eigenvalue weighted by Crippen LogP contribution is -2.28. The fraction of sp³-hybridized carbons (Fsp3) is 0.167. The zero-order valence-electron chi connectivity index (χ0n) is 12.5. The number of fused-ring (bicyclic) bond motifs is 2. The predicted molar refractivity (Wildman–Crippen MR) is 86.7 cm³/mol. The summed E-state index contributed by atoms with van der Waals surface area (Å²) >= 11 is 0. The molecule has 2 aromatic carbocycles. The van der Waals surface area contributed by atoms with Crippen molar-refractivity contribution in [1.29, 1.82) is 0 Å². The third-order valence-corrected chi connectivity index (χ3v) is 4.03. The highest BCUT2D eigenvalue weighted by atomic mass is 16.5. The average molecular weight is 307 g/mol. The first-order valence-electron chi connectivity index (χ1n) is 7.60. The Morgan fingerprint density at radius 2 is 2.00 bits per heavy atom. The first-order chi connectivity index (χ1) is 11.3. The van der Waals surface area contributed by atoms with Crippen LogP contribution in [0.5, 0.6) is 17.2 Å². The van der Waals surface area contributed by atoms with Gasteiger partial charge < -0.3 is 19.7 Å². The first-order valence-corrected chi connectivity index (χ1v) is 7.60. The minimum absolute atomic E-state index is 0.00873. The second-order valence-electron chi connectivity index (χ2n) is 5.55. The Bertz CT molecular complexity index is 815. The van der Waals surface area contributed by atoms with Gasteiger partial charge in [0.25, 0.3) is 0 Å². The SMILES string of the molecule is Oc1ccc2c(c1)C(NCCn1ccnc1)c1ccccc1O2. The van der Waals surface area contributed by atoms with Crippen molar-refractivity contribution >= 4 is 0 Å². The lowest BCUT2D eigenvalue weighted by Gasteiger charge is -2.29. The number of nitrogens with zero attached hydrogens (tertiary/aromatic N) is 2. The van der Waals surface area contributed by atoms with E-state index in [2.05, 4.69) is 16.4 Å². The van der Waals surface area contributed by atoms with Crippen LogP contribution in [-0.2, 0) is 6.54 Å². The summed E-state index contributed by atoms with van der Waals surface area (Å²) in [5.74, 6) is 1.88. The van der Waals surface area contributed by atoms with Gasteiger partial charge in [-0.1, -0.05) is 18.2 Å². The average Bonchev–Trinajstić information content (AvgIpc) is 3.08. The van der Waals surface area contributed by atoms with Gasteiger partial charge >= 0.3 is 0 Å². The summed E-state index contributed by atoms with van der Waals surface area (Å²) in [6.45, 7) is 1.61. The molecule has 116 valence electrons. The van der Waals surface area contributed by atoms with Crippen molar-refractivity contribution in [2.24, 2.45) is 0 Å². The highest BCUT2D eigenvalue weighted by Crippen LogP contribution is 2.43. The van der Waals surface area contributed by atoms with Gasteiger partial charge in [0.05, 0.1) is 12.4 Å². The third-order valence-electron chi connectivity index (χ3n) is 4.03. The Morgan fingerprint density at radius 1 is 1.13 bits per heavy atom. The normalized spacial score (nSPS) is 15.6. The van der Waals surface area contributed by atoms with E-state index >= 15 is 0 Å². The van der Waals surface area contributed by atoms with Gasteiger partial charge in [-0.2, -0.15) is 0 Å². The van der Waals surface area contributed by atoms with Crippen LogP contribution in [0.15, 0.2) is 61.2 Å². The number of imidazole rings is 1. The number of hydrogen-bond donors (Lipinski definition) is 2. The van der Waals surface area contributed by atoms with Crippen LogP contribution in [0.25, 0.3) is 0 Å². The lowest BCUT2D eigenvalue weighted by molar-refractivity contribution is 0.418. The van der Waals surface area contributed by atoms with Crippen molar-refractivity contribution in [3.05, 3.63) is 72.3 Å². The molecular formula is C18H17N3O2. The number of ether oxygens (including phenoxy) is 1. The van der Waals surface area contributed by atoms with Crippen LogP contribution in [0.1, 0.15) is 17.2 Å². The molecule has 1 unspecified atom stereocenters. The van der Waals surface area contributed by atoms with Crippen LogP contribution >= 0.6 is 0 Å². The summed E-state index contributed by atoms with van der Waals surface area (Å²) in [7, 11) is 0. The zero-order chi connectivity index (χ0) is 15.6. The van der Waals surface area contributed by atoms with E-state index in [9.17, 15) is 5.11 Å². The van der Waals surface area contributed by atoms with Gasteiger partial charge in [-0.25, -0.2) is 4.98 Å². The third kappa shape index (κ3) is 2.66. The largest absolute Gasteiger partial charge is 0.508 e. The molecule has 5 nitrogen and oxygen atoms in total. The molecule has 3 aromatic rings. The summed E-state index contributed by atoms with van der Waals surface area (Å²) in [5, 5.41) is 13.4. The molecule has 0 fully saturated rings. The van der Waals surface area contributed by atoms with E-state index in [0.29, 0.717) is 0 Å². The Balaban J connectivity index is 1.63. The molecule has 1 aliphatic heterocycles. The van der Waals surface area contributed by atoms with Crippen molar-refractivity contribution in [3.63, 3.8) is 0 Å². The fourth-order valence-corrected chi connectivity index (χ4v) is 2.93. The molecule has 0 spiro atoms. The molecule has 23 heavy (non-hydrogen) atoms. The second kappa shape index (κ2) is 5.78. The number of para-hydroxylation sites is 1. The topological polar surface area (TPSA) is 59.3 Å². The van der Waals surface area contributed by atoms with Crippen molar-refractivity contribution in [3.8, 4) is 17.2 Å². The number of aromatic nitrogens is 2. The van der Waals surface area contributed by atoms with Crippen molar-refractivity contribution in [1.82, 2.24) is 14.9 Å². The smallest absolute Gasteiger partial charge is 0.132 e. The summed E-state index contributed by atoms with van der Waals surface area (Å²) in [4.78, 5) is 4.05. The number of benzene rings is 2. The van der Waals surface area contributed by atoms with Crippen molar-refractivity contribution < 1.29 is 9.84 Å². The maximum Gasteiger partial charge on any atom is 0.132 e. The zero-order valence-corrected chi connectivity index (χ0v) is 12.5. The number of phenolic OH excluding ortho intramolecular Hbond substituents is 1. The van der Waals surface area contributed by atoms with Gasteiger partial charge in [-0.3, -0.25) is 0 Å². The molecule has 2 N–H and O–H groups in total. The molecule has 0 aliphatic carbocycles. The minimum atomic E-state index is -0.00873. The quantitative estimate of drug-likeness (QED) is 0.777. The Kier molecular flexibility index (Phi) is 3.48. The number of aromatic hydroxyl groups is 1. The van der Waals surface area contributed by atoms with Gasteiger partial charge in [0.15, 0.2) is 0 Å². The summed E-state index contributed by atoms with van der Waals surface area (Å²) in [6, 6.07) is 13.2. The van der Waals surface area contributed by atoms with Crippen molar-refractivity contribution in [2.45, 2.75) is 12.6 Å². The number of phenols is 1. The van der Waals surface area contributed by atoms with E-state index in [1.807, 2.05) is 35.0 Å². The predicted octanol–water partition coefficient (Wildman–Crippen LogP) is 3.07. The number of hydrogen-bond acceptors (Lipinski definition) is 4. The van der Waals surface area contributed by atoms with E-state index in [1.165, 1.54) is 0 Å². The van der Waals surface area contributed by atoms with Gasteiger partial charge in [0, 0.05) is 36.6 Å². The molecule has 1 aromatic heterocycles. The Labute approximate surface area is 134 Å².